The first kappa shape index (κ1) is 24.1. The van der Waals surface area contributed by atoms with Crippen molar-refractivity contribution in [3.8, 4) is 5.69 Å². The summed E-state index contributed by atoms with van der Waals surface area (Å²) in [5.74, 6) is 1.33. The Hall–Kier alpha value is -2.63. The van der Waals surface area contributed by atoms with Gasteiger partial charge in [0.1, 0.15) is 5.82 Å². The SMILES string of the molecule is CCc1nn(-c2ccccc2)c(N2CCN(CC)CC2)c1CN(CCCc1ccccc1)C1CC1. The van der Waals surface area contributed by atoms with Gasteiger partial charge in [0.2, 0.25) is 0 Å². The van der Waals surface area contributed by atoms with Crippen LogP contribution in [0.4, 0.5) is 5.82 Å². The van der Waals surface area contributed by atoms with Gasteiger partial charge in [0.25, 0.3) is 0 Å². The number of hydrogen-bond acceptors (Lipinski definition) is 4. The number of aryl methyl sites for hydroxylation is 2. The molecule has 2 heterocycles. The van der Waals surface area contributed by atoms with Gasteiger partial charge in [-0.15, -0.1) is 0 Å². The largest absolute Gasteiger partial charge is 0.354 e. The Morgan fingerprint density at radius 2 is 1.57 bits per heavy atom. The molecular formula is C30H41N5. The zero-order valence-electron chi connectivity index (χ0n) is 21.6. The molecule has 2 aliphatic rings. The summed E-state index contributed by atoms with van der Waals surface area (Å²) >= 11 is 0. The average Bonchev–Trinajstić information content (AvgIpc) is 3.70. The molecule has 0 amide bonds. The number of aromatic nitrogens is 2. The van der Waals surface area contributed by atoms with Crippen LogP contribution in [0.5, 0.6) is 0 Å². The first-order chi connectivity index (χ1) is 17.3. The topological polar surface area (TPSA) is 27.5 Å². The molecule has 1 aromatic heterocycles. The number of benzene rings is 2. The van der Waals surface area contributed by atoms with E-state index in [9.17, 15) is 0 Å². The maximum atomic E-state index is 5.21. The smallest absolute Gasteiger partial charge is 0.137 e. The fraction of sp³-hybridized carbons (Fsp3) is 0.500. The highest BCUT2D eigenvalue weighted by molar-refractivity contribution is 5.56. The third kappa shape index (κ3) is 5.79. The summed E-state index contributed by atoms with van der Waals surface area (Å²) in [6.45, 7) is 12.2. The van der Waals surface area contributed by atoms with Gasteiger partial charge >= 0.3 is 0 Å². The molecule has 5 rings (SSSR count). The van der Waals surface area contributed by atoms with Gasteiger partial charge in [0, 0.05) is 44.3 Å². The van der Waals surface area contributed by atoms with E-state index in [0.29, 0.717) is 0 Å². The Kier molecular flexibility index (Phi) is 7.85. The number of para-hydroxylation sites is 1. The monoisotopic (exact) mass is 471 g/mol. The lowest BCUT2D eigenvalue weighted by molar-refractivity contribution is 0.249. The first-order valence-electron chi connectivity index (χ1n) is 13.7. The van der Waals surface area contributed by atoms with Crippen molar-refractivity contribution < 1.29 is 0 Å². The zero-order chi connectivity index (χ0) is 24.0. The van der Waals surface area contributed by atoms with Crippen molar-refractivity contribution in [2.75, 3.05) is 44.2 Å². The number of hydrogen-bond donors (Lipinski definition) is 0. The third-order valence-corrected chi connectivity index (χ3v) is 7.67. The van der Waals surface area contributed by atoms with Gasteiger partial charge in [-0.3, -0.25) is 4.90 Å². The quantitative estimate of drug-likeness (QED) is 0.385. The lowest BCUT2D eigenvalue weighted by atomic mass is 10.1. The molecule has 1 saturated heterocycles. The lowest BCUT2D eigenvalue weighted by Crippen LogP contribution is -2.47. The highest BCUT2D eigenvalue weighted by atomic mass is 15.4. The number of nitrogens with zero attached hydrogens (tertiary/aromatic N) is 5. The van der Waals surface area contributed by atoms with Gasteiger partial charge in [-0.2, -0.15) is 5.10 Å². The predicted molar refractivity (Wildman–Crippen MR) is 145 cm³/mol. The second kappa shape index (κ2) is 11.4. The highest BCUT2D eigenvalue weighted by Crippen LogP contribution is 2.34. The van der Waals surface area contributed by atoms with Crippen LogP contribution in [0.3, 0.4) is 0 Å². The van der Waals surface area contributed by atoms with Gasteiger partial charge < -0.3 is 9.80 Å². The molecule has 0 radical (unpaired) electrons. The zero-order valence-corrected chi connectivity index (χ0v) is 21.6. The molecule has 0 spiro atoms. The molecule has 0 N–H and O–H groups in total. The van der Waals surface area contributed by atoms with Crippen LogP contribution in [0.2, 0.25) is 0 Å². The molecule has 1 aliphatic carbocycles. The molecule has 0 atom stereocenters. The van der Waals surface area contributed by atoms with E-state index in [2.05, 4.69) is 93.9 Å². The van der Waals surface area contributed by atoms with E-state index in [1.807, 2.05) is 0 Å². The minimum atomic E-state index is 0.736. The van der Waals surface area contributed by atoms with E-state index in [1.54, 1.807) is 0 Å². The van der Waals surface area contributed by atoms with E-state index < -0.39 is 0 Å². The molecule has 0 unspecified atom stereocenters. The van der Waals surface area contributed by atoms with Crippen LogP contribution in [-0.4, -0.2) is 64.9 Å². The van der Waals surface area contributed by atoms with Crippen molar-refractivity contribution in [1.82, 2.24) is 19.6 Å². The molecule has 186 valence electrons. The van der Waals surface area contributed by atoms with Gasteiger partial charge in [0.05, 0.1) is 11.4 Å². The molecule has 1 saturated carbocycles. The number of anilines is 1. The molecule has 3 aromatic rings. The van der Waals surface area contributed by atoms with Crippen molar-refractivity contribution in [2.45, 2.75) is 58.5 Å². The van der Waals surface area contributed by atoms with Crippen LogP contribution in [0.1, 0.15) is 49.9 Å². The van der Waals surface area contributed by atoms with Gasteiger partial charge in [-0.25, -0.2) is 4.68 Å². The summed E-state index contributed by atoms with van der Waals surface area (Å²) in [4.78, 5) is 7.91. The van der Waals surface area contributed by atoms with Crippen LogP contribution < -0.4 is 4.90 Å². The van der Waals surface area contributed by atoms with Crippen molar-refractivity contribution in [1.29, 1.82) is 0 Å². The van der Waals surface area contributed by atoms with Crippen LogP contribution in [0.15, 0.2) is 60.7 Å². The van der Waals surface area contributed by atoms with E-state index in [1.165, 1.54) is 47.6 Å². The predicted octanol–water partition coefficient (Wildman–Crippen LogP) is 5.17. The first-order valence-corrected chi connectivity index (χ1v) is 13.7. The standard InChI is InChI=1S/C30H41N5/c1-3-29-28(24-34(26-17-18-26)19-11-14-25-12-7-5-8-13-25)30(33-22-20-32(4-2)21-23-33)35(31-29)27-15-9-6-10-16-27/h5-10,12-13,15-16,26H,3-4,11,14,17-24H2,1-2H3. The molecule has 1 aliphatic heterocycles. The maximum Gasteiger partial charge on any atom is 0.137 e. The second-order valence-electron chi connectivity index (χ2n) is 10.1. The molecule has 0 bridgehead atoms. The van der Waals surface area contributed by atoms with Crippen LogP contribution in [-0.2, 0) is 19.4 Å². The molecular weight excluding hydrogens is 430 g/mol. The van der Waals surface area contributed by atoms with E-state index in [0.717, 1.165) is 64.7 Å². The summed E-state index contributed by atoms with van der Waals surface area (Å²) in [6, 6.07) is 22.4. The summed E-state index contributed by atoms with van der Waals surface area (Å²) in [6.07, 6.45) is 6.01. The minimum absolute atomic E-state index is 0.736. The Bertz CT molecular complexity index is 1050. The maximum absolute atomic E-state index is 5.21. The summed E-state index contributed by atoms with van der Waals surface area (Å²) in [7, 11) is 0. The average molecular weight is 472 g/mol. The Morgan fingerprint density at radius 3 is 2.20 bits per heavy atom. The lowest BCUT2D eigenvalue weighted by Gasteiger charge is -2.36. The van der Waals surface area contributed by atoms with E-state index in [4.69, 9.17) is 5.10 Å². The van der Waals surface area contributed by atoms with E-state index >= 15 is 0 Å². The van der Waals surface area contributed by atoms with Crippen LogP contribution in [0.25, 0.3) is 5.69 Å². The summed E-state index contributed by atoms with van der Waals surface area (Å²) in [5, 5.41) is 5.21. The Balaban J connectivity index is 1.41. The molecule has 5 nitrogen and oxygen atoms in total. The normalized spacial score (nSPS) is 16.8. The van der Waals surface area contributed by atoms with Crippen LogP contribution >= 0.6 is 0 Å². The molecule has 2 aromatic carbocycles. The molecule has 35 heavy (non-hydrogen) atoms. The Labute approximate surface area is 211 Å². The van der Waals surface area contributed by atoms with Crippen molar-refractivity contribution >= 4 is 5.82 Å². The Morgan fingerprint density at radius 1 is 0.886 bits per heavy atom. The van der Waals surface area contributed by atoms with Crippen molar-refractivity contribution in [3.05, 3.63) is 77.5 Å². The fourth-order valence-corrected chi connectivity index (χ4v) is 5.45. The minimum Gasteiger partial charge on any atom is -0.354 e. The summed E-state index contributed by atoms with van der Waals surface area (Å²) < 4.78 is 2.24. The fourth-order valence-electron chi connectivity index (χ4n) is 5.45. The summed E-state index contributed by atoms with van der Waals surface area (Å²) in [5.41, 5.74) is 5.33. The number of rotatable bonds is 11. The molecule has 2 fully saturated rings. The second-order valence-corrected chi connectivity index (χ2v) is 10.1. The highest BCUT2D eigenvalue weighted by Gasteiger charge is 2.32. The van der Waals surface area contributed by atoms with Gasteiger partial charge in [-0.05, 0) is 62.9 Å². The number of piperazine rings is 1. The van der Waals surface area contributed by atoms with Crippen molar-refractivity contribution in [2.24, 2.45) is 0 Å². The van der Waals surface area contributed by atoms with E-state index in [-0.39, 0.29) is 0 Å². The van der Waals surface area contributed by atoms with Crippen molar-refractivity contribution in [3.63, 3.8) is 0 Å². The van der Waals surface area contributed by atoms with Gasteiger partial charge in [0.15, 0.2) is 0 Å². The van der Waals surface area contributed by atoms with Crippen LogP contribution in [0, 0.1) is 0 Å². The molecule has 5 heteroatoms. The number of likely N-dealkylation sites (N-methyl/N-ethyl adjacent to an activating group) is 1. The third-order valence-electron chi connectivity index (χ3n) is 7.67. The van der Waals surface area contributed by atoms with Gasteiger partial charge in [-0.1, -0.05) is 62.4 Å².